The van der Waals surface area contributed by atoms with Crippen molar-refractivity contribution in [3.05, 3.63) is 89.2 Å². The summed E-state index contributed by atoms with van der Waals surface area (Å²) in [5.74, 6) is -0.656. The number of amides is 2. The molecule has 4 rings (SSSR count). The van der Waals surface area contributed by atoms with Crippen molar-refractivity contribution >= 4 is 17.5 Å². The molecule has 2 amide bonds. The van der Waals surface area contributed by atoms with E-state index in [9.17, 15) is 14.0 Å². The zero-order chi connectivity index (χ0) is 24.9. The van der Waals surface area contributed by atoms with E-state index < -0.39 is 17.8 Å². The Morgan fingerprint density at radius 1 is 0.971 bits per heavy atom. The third-order valence-corrected chi connectivity index (χ3v) is 6.12. The first-order valence-corrected chi connectivity index (χ1v) is 11.2. The highest BCUT2D eigenvalue weighted by molar-refractivity contribution is 6.04. The summed E-state index contributed by atoms with van der Waals surface area (Å²) in [7, 11) is 4.61. The monoisotopic (exact) mass is 478 g/mol. The molecule has 3 aromatic carbocycles. The van der Waals surface area contributed by atoms with Crippen LogP contribution in [0.3, 0.4) is 0 Å². The molecule has 35 heavy (non-hydrogen) atoms. The minimum absolute atomic E-state index is 0.206. The van der Waals surface area contributed by atoms with Crippen LogP contribution in [0.25, 0.3) is 0 Å². The highest BCUT2D eigenvalue weighted by atomic mass is 19.1. The molecule has 182 valence electrons. The third-order valence-electron chi connectivity index (χ3n) is 6.12. The number of anilines is 1. The lowest BCUT2D eigenvalue weighted by Gasteiger charge is -2.41. The summed E-state index contributed by atoms with van der Waals surface area (Å²) in [6, 6.07) is 17.4. The minimum atomic E-state index is -0.751. The highest BCUT2D eigenvalue weighted by Crippen LogP contribution is 2.43. The Balaban J connectivity index is 1.80. The Morgan fingerprint density at radius 2 is 1.69 bits per heavy atom. The van der Waals surface area contributed by atoms with Gasteiger partial charge in [0.2, 0.25) is 5.91 Å². The molecule has 0 saturated carbocycles. The Bertz CT molecular complexity index is 1210. The fourth-order valence-corrected chi connectivity index (χ4v) is 4.48. The number of hydrogen-bond acceptors (Lipinski definition) is 5. The molecule has 3 aromatic rings. The molecule has 1 aliphatic heterocycles. The number of carbonyl (C=O) groups is 2. The number of rotatable bonds is 8. The van der Waals surface area contributed by atoms with Crippen molar-refractivity contribution in [1.82, 2.24) is 4.90 Å². The lowest BCUT2D eigenvalue weighted by atomic mass is 9.79. The van der Waals surface area contributed by atoms with Gasteiger partial charge in [0.1, 0.15) is 5.82 Å². The second kappa shape index (κ2) is 10.6. The number of nitrogens with one attached hydrogen (secondary N) is 1. The van der Waals surface area contributed by atoms with Crippen molar-refractivity contribution < 1.29 is 28.2 Å². The molecule has 8 heteroatoms. The molecule has 7 nitrogen and oxygen atoms in total. The van der Waals surface area contributed by atoms with E-state index in [1.807, 2.05) is 0 Å². The van der Waals surface area contributed by atoms with Gasteiger partial charge in [-0.2, -0.15) is 0 Å². The van der Waals surface area contributed by atoms with E-state index in [2.05, 4.69) is 5.32 Å². The van der Waals surface area contributed by atoms with Crippen molar-refractivity contribution in [2.24, 2.45) is 0 Å². The first-order chi connectivity index (χ1) is 17.0. The van der Waals surface area contributed by atoms with Gasteiger partial charge in [0.25, 0.3) is 5.91 Å². The minimum Gasteiger partial charge on any atom is -0.493 e. The summed E-state index contributed by atoms with van der Waals surface area (Å²) in [5, 5.41) is 2.96. The van der Waals surface area contributed by atoms with Gasteiger partial charge < -0.3 is 24.4 Å². The third kappa shape index (κ3) is 4.83. The molecular formula is C27H27FN2O5. The second-order valence-electron chi connectivity index (χ2n) is 8.11. The molecule has 1 heterocycles. The van der Waals surface area contributed by atoms with Crippen LogP contribution in [0.15, 0.2) is 66.7 Å². The van der Waals surface area contributed by atoms with Crippen LogP contribution in [0.1, 0.15) is 33.4 Å². The number of benzene rings is 3. The Morgan fingerprint density at radius 3 is 2.37 bits per heavy atom. The second-order valence-corrected chi connectivity index (χ2v) is 8.11. The number of carbonyl (C=O) groups excluding carboxylic acids is 2. The molecule has 0 radical (unpaired) electrons. The van der Waals surface area contributed by atoms with E-state index in [0.717, 1.165) is 0 Å². The zero-order valence-corrected chi connectivity index (χ0v) is 19.8. The van der Waals surface area contributed by atoms with E-state index in [0.29, 0.717) is 33.9 Å². The fraction of sp³-hybridized carbons (Fsp3) is 0.259. The van der Waals surface area contributed by atoms with Gasteiger partial charge in [-0.25, -0.2) is 4.39 Å². The van der Waals surface area contributed by atoms with Crippen molar-refractivity contribution in [3.63, 3.8) is 0 Å². The number of hydrogen-bond donors (Lipinski definition) is 1. The number of methoxy groups -OCH3 is 3. The Hall–Kier alpha value is -3.91. The standard InChI is InChI=1S/C27H27FN2O5/c1-33-15-14-30-25(17-8-10-18(28)11-9-17)24(20-6-4-5-7-21(20)27(30)32)26(31)29-19-12-13-22(34-2)23(16-19)35-3/h4-13,16,24-25H,14-15H2,1-3H3,(H,29,31)/t24-,25+/m1/s1. The lowest BCUT2D eigenvalue weighted by molar-refractivity contribution is -0.119. The molecule has 0 saturated heterocycles. The summed E-state index contributed by atoms with van der Waals surface area (Å²) in [6.07, 6.45) is 0. The number of halogens is 1. The molecule has 0 aromatic heterocycles. The Labute approximate surface area is 203 Å². The van der Waals surface area contributed by atoms with Crippen LogP contribution in [-0.4, -0.2) is 51.2 Å². The summed E-state index contributed by atoms with van der Waals surface area (Å²) < 4.78 is 29.6. The van der Waals surface area contributed by atoms with Gasteiger partial charge in [0.15, 0.2) is 11.5 Å². The Kier molecular flexibility index (Phi) is 7.31. The van der Waals surface area contributed by atoms with Crippen LogP contribution >= 0.6 is 0 Å². The summed E-state index contributed by atoms with van der Waals surface area (Å²) in [6.45, 7) is 0.557. The predicted octanol–water partition coefficient (Wildman–Crippen LogP) is 4.41. The first-order valence-electron chi connectivity index (χ1n) is 11.2. The molecule has 0 fully saturated rings. The van der Waals surface area contributed by atoms with Gasteiger partial charge in [-0.1, -0.05) is 30.3 Å². The van der Waals surface area contributed by atoms with Crippen molar-refractivity contribution in [3.8, 4) is 11.5 Å². The molecule has 1 aliphatic rings. The lowest BCUT2D eigenvalue weighted by Crippen LogP contribution is -2.47. The number of ether oxygens (including phenoxy) is 3. The van der Waals surface area contributed by atoms with Crippen LogP contribution in [0, 0.1) is 5.82 Å². The number of fused-ring (bicyclic) bond motifs is 1. The quantitative estimate of drug-likeness (QED) is 0.519. The molecule has 2 atom stereocenters. The van der Waals surface area contributed by atoms with E-state index in [1.165, 1.54) is 26.4 Å². The summed E-state index contributed by atoms with van der Waals surface area (Å²) >= 11 is 0. The SMILES string of the molecule is COCCN1C(=O)c2ccccc2[C@@H](C(=O)Nc2ccc(OC)c(OC)c2)[C@@H]1c1ccc(F)cc1. The summed E-state index contributed by atoms with van der Waals surface area (Å²) in [5.41, 5.74) is 2.23. The van der Waals surface area contributed by atoms with Gasteiger partial charge in [0.05, 0.1) is 32.8 Å². The maximum Gasteiger partial charge on any atom is 0.254 e. The van der Waals surface area contributed by atoms with Gasteiger partial charge >= 0.3 is 0 Å². The number of nitrogens with zero attached hydrogens (tertiary/aromatic N) is 1. The van der Waals surface area contributed by atoms with Crippen molar-refractivity contribution in [1.29, 1.82) is 0 Å². The van der Waals surface area contributed by atoms with Gasteiger partial charge in [-0.05, 0) is 41.5 Å². The van der Waals surface area contributed by atoms with Crippen LogP contribution in [0.4, 0.5) is 10.1 Å². The fourth-order valence-electron chi connectivity index (χ4n) is 4.48. The first kappa shape index (κ1) is 24.2. The molecule has 0 aliphatic carbocycles. The van der Waals surface area contributed by atoms with Gasteiger partial charge in [-0.3, -0.25) is 9.59 Å². The van der Waals surface area contributed by atoms with Crippen molar-refractivity contribution in [2.75, 3.05) is 39.8 Å². The average molecular weight is 479 g/mol. The maximum absolute atomic E-state index is 13.8. The predicted molar refractivity (Wildman–Crippen MR) is 129 cm³/mol. The summed E-state index contributed by atoms with van der Waals surface area (Å²) in [4.78, 5) is 28.9. The van der Waals surface area contributed by atoms with Gasteiger partial charge in [-0.15, -0.1) is 0 Å². The van der Waals surface area contributed by atoms with Crippen LogP contribution in [0.5, 0.6) is 11.5 Å². The van der Waals surface area contributed by atoms with Crippen molar-refractivity contribution in [2.45, 2.75) is 12.0 Å². The maximum atomic E-state index is 13.8. The van der Waals surface area contributed by atoms with E-state index in [4.69, 9.17) is 14.2 Å². The smallest absolute Gasteiger partial charge is 0.254 e. The normalized spacial score (nSPS) is 17.0. The zero-order valence-electron chi connectivity index (χ0n) is 19.8. The van der Waals surface area contributed by atoms with E-state index in [1.54, 1.807) is 66.6 Å². The van der Waals surface area contributed by atoms with Crippen LogP contribution < -0.4 is 14.8 Å². The highest BCUT2D eigenvalue weighted by Gasteiger charge is 2.44. The van der Waals surface area contributed by atoms with Crippen LogP contribution in [-0.2, 0) is 9.53 Å². The van der Waals surface area contributed by atoms with E-state index in [-0.39, 0.29) is 25.0 Å². The van der Waals surface area contributed by atoms with Crippen LogP contribution in [0.2, 0.25) is 0 Å². The van der Waals surface area contributed by atoms with E-state index >= 15 is 0 Å². The largest absolute Gasteiger partial charge is 0.493 e. The topological polar surface area (TPSA) is 77.1 Å². The average Bonchev–Trinajstić information content (AvgIpc) is 2.88. The van der Waals surface area contributed by atoms with Gasteiger partial charge in [0, 0.05) is 31.0 Å². The molecule has 0 spiro atoms. The molecule has 0 bridgehead atoms. The molecular weight excluding hydrogens is 451 g/mol. The molecule has 0 unspecified atom stereocenters. The molecule has 1 N–H and O–H groups in total.